The SMILES string of the molecule is COCC(C)n1nnc(C(=O)OC)c1CC(=O)OC. The molecule has 19 heavy (non-hydrogen) atoms. The van der Waals surface area contributed by atoms with Crippen molar-refractivity contribution in [3.8, 4) is 0 Å². The molecule has 1 aromatic heterocycles. The number of carbonyl (C=O) groups is 2. The highest BCUT2D eigenvalue weighted by Gasteiger charge is 2.25. The van der Waals surface area contributed by atoms with E-state index in [1.54, 1.807) is 7.11 Å². The molecule has 1 atom stereocenters. The first kappa shape index (κ1) is 15.1. The summed E-state index contributed by atoms with van der Waals surface area (Å²) in [6.45, 7) is 2.21. The molecule has 0 spiro atoms. The molecule has 0 saturated carbocycles. The summed E-state index contributed by atoms with van der Waals surface area (Å²) in [6, 6.07) is -0.171. The van der Waals surface area contributed by atoms with Gasteiger partial charge in [0.2, 0.25) is 0 Å². The summed E-state index contributed by atoms with van der Waals surface area (Å²) in [5.41, 5.74) is 0.360. The summed E-state index contributed by atoms with van der Waals surface area (Å²) in [4.78, 5) is 23.0. The molecule has 1 rings (SSSR count). The topological polar surface area (TPSA) is 92.5 Å². The lowest BCUT2D eigenvalue weighted by Gasteiger charge is -2.13. The Labute approximate surface area is 110 Å². The molecule has 0 aliphatic rings. The summed E-state index contributed by atoms with van der Waals surface area (Å²) in [5.74, 6) is -1.13. The van der Waals surface area contributed by atoms with Crippen LogP contribution in [0, 0.1) is 0 Å². The van der Waals surface area contributed by atoms with Gasteiger partial charge in [-0.15, -0.1) is 5.10 Å². The van der Waals surface area contributed by atoms with E-state index >= 15 is 0 Å². The van der Waals surface area contributed by atoms with Crippen LogP contribution in [0.5, 0.6) is 0 Å². The van der Waals surface area contributed by atoms with Crippen molar-refractivity contribution >= 4 is 11.9 Å². The van der Waals surface area contributed by atoms with Gasteiger partial charge in [0.1, 0.15) is 0 Å². The van der Waals surface area contributed by atoms with E-state index in [1.165, 1.54) is 18.9 Å². The highest BCUT2D eigenvalue weighted by molar-refractivity contribution is 5.89. The van der Waals surface area contributed by atoms with Gasteiger partial charge in [0.15, 0.2) is 5.69 Å². The molecule has 1 heterocycles. The molecule has 0 radical (unpaired) electrons. The molecular weight excluding hydrogens is 254 g/mol. The van der Waals surface area contributed by atoms with E-state index in [4.69, 9.17) is 4.74 Å². The van der Waals surface area contributed by atoms with Gasteiger partial charge in [-0.1, -0.05) is 5.21 Å². The monoisotopic (exact) mass is 271 g/mol. The van der Waals surface area contributed by atoms with Gasteiger partial charge in [0, 0.05) is 7.11 Å². The molecule has 0 fully saturated rings. The molecule has 0 aliphatic heterocycles. The van der Waals surface area contributed by atoms with E-state index in [0.29, 0.717) is 12.3 Å². The van der Waals surface area contributed by atoms with Crippen molar-refractivity contribution < 1.29 is 23.8 Å². The highest BCUT2D eigenvalue weighted by atomic mass is 16.5. The van der Waals surface area contributed by atoms with Crippen LogP contribution in [0.15, 0.2) is 0 Å². The maximum absolute atomic E-state index is 11.6. The number of hydrogen-bond donors (Lipinski definition) is 0. The largest absolute Gasteiger partial charge is 0.469 e. The molecule has 1 aromatic rings. The van der Waals surface area contributed by atoms with Crippen molar-refractivity contribution in [2.24, 2.45) is 0 Å². The molecule has 1 unspecified atom stereocenters. The van der Waals surface area contributed by atoms with Gasteiger partial charge in [-0.3, -0.25) is 4.79 Å². The van der Waals surface area contributed by atoms with Crippen molar-refractivity contribution in [3.63, 3.8) is 0 Å². The van der Waals surface area contributed by atoms with Crippen LogP contribution in [-0.4, -0.2) is 54.9 Å². The predicted octanol–water partition coefficient (Wildman–Crippen LogP) is -0.0124. The summed E-state index contributed by atoms with van der Waals surface area (Å²) in [6.07, 6.45) is -0.109. The Hall–Kier alpha value is -1.96. The van der Waals surface area contributed by atoms with Gasteiger partial charge in [-0.05, 0) is 6.92 Å². The zero-order chi connectivity index (χ0) is 14.4. The minimum Gasteiger partial charge on any atom is -0.469 e. The number of carbonyl (C=O) groups excluding carboxylic acids is 2. The van der Waals surface area contributed by atoms with Crippen LogP contribution in [0.1, 0.15) is 29.1 Å². The van der Waals surface area contributed by atoms with Crippen molar-refractivity contribution in [3.05, 3.63) is 11.4 Å². The standard InChI is InChI=1S/C11H17N3O5/c1-7(6-17-2)14-8(5-9(15)18-3)10(12-13-14)11(16)19-4/h7H,5-6H2,1-4H3. The molecule has 0 aromatic carbocycles. The fraction of sp³-hybridized carbons (Fsp3) is 0.636. The molecule has 0 saturated heterocycles. The molecule has 8 nitrogen and oxygen atoms in total. The number of methoxy groups -OCH3 is 3. The molecule has 0 bridgehead atoms. The Balaban J connectivity index is 3.13. The first-order valence-corrected chi connectivity index (χ1v) is 5.63. The van der Waals surface area contributed by atoms with Gasteiger partial charge >= 0.3 is 11.9 Å². The zero-order valence-corrected chi connectivity index (χ0v) is 11.4. The maximum Gasteiger partial charge on any atom is 0.360 e. The Bertz CT molecular complexity index is 457. The van der Waals surface area contributed by atoms with Gasteiger partial charge < -0.3 is 14.2 Å². The van der Waals surface area contributed by atoms with Gasteiger partial charge in [0.05, 0.1) is 39.0 Å². The third-order valence-corrected chi connectivity index (χ3v) is 2.53. The smallest absolute Gasteiger partial charge is 0.360 e. The molecule has 106 valence electrons. The molecule has 0 N–H and O–H groups in total. The van der Waals surface area contributed by atoms with Crippen LogP contribution in [0.4, 0.5) is 0 Å². The first-order chi connectivity index (χ1) is 9.04. The Kier molecular flexibility index (Phi) is 5.43. The normalized spacial score (nSPS) is 12.0. The van der Waals surface area contributed by atoms with E-state index in [1.807, 2.05) is 6.92 Å². The average Bonchev–Trinajstić information content (AvgIpc) is 2.81. The average molecular weight is 271 g/mol. The van der Waals surface area contributed by atoms with Gasteiger partial charge in [-0.25, -0.2) is 9.48 Å². The molecular formula is C11H17N3O5. The van der Waals surface area contributed by atoms with Gasteiger partial charge in [0.25, 0.3) is 0 Å². The van der Waals surface area contributed by atoms with Gasteiger partial charge in [-0.2, -0.15) is 0 Å². The minimum absolute atomic E-state index is 0.0100. The maximum atomic E-state index is 11.6. The second-order valence-electron chi connectivity index (χ2n) is 3.88. The molecule has 0 amide bonds. The van der Waals surface area contributed by atoms with E-state index in [-0.39, 0.29) is 18.2 Å². The van der Waals surface area contributed by atoms with Crippen molar-refractivity contribution in [2.75, 3.05) is 27.9 Å². The zero-order valence-electron chi connectivity index (χ0n) is 11.4. The van der Waals surface area contributed by atoms with E-state index < -0.39 is 11.9 Å². The van der Waals surface area contributed by atoms with Crippen LogP contribution in [-0.2, 0) is 25.4 Å². The van der Waals surface area contributed by atoms with E-state index in [9.17, 15) is 9.59 Å². The summed E-state index contributed by atoms with van der Waals surface area (Å²) in [5, 5.41) is 7.62. The van der Waals surface area contributed by atoms with Crippen molar-refractivity contribution in [2.45, 2.75) is 19.4 Å². The Morgan fingerprint density at radius 1 is 1.26 bits per heavy atom. The number of rotatable bonds is 6. The second kappa shape index (κ2) is 6.83. The Morgan fingerprint density at radius 2 is 1.95 bits per heavy atom. The number of esters is 2. The second-order valence-corrected chi connectivity index (χ2v) is 3.88. The number of hydrogen-bond acceptors (Lipinski definition) is 7. The van der Waals surface area contributed by atoms with Crippen LogP contribution < -0.4 is 0 Å². The van der Waals surface area contributed by atoms with E-state index in [2.05, 4.69) is 19.8 Å². The summed E-state index contributed by atoms with van der Waals surface area (Å²) in [7, 11) is 4.06. The van der Waals surface area contributed by atoms with Crippen molar-refractivity contribution in [1.29, 1.82) is 0 Å². The van der Waals surface area contributed by atoms with Crippen LogP contribution in [0.3, 0.4) is 0 Å². The van der Waals surface area contributed by atoms with Crippen LogP contribution in [0.2, 0.25) is 0 Å². The number of aromatic nitrogens is 3. The quantitative estimate of drug-likeness (QED) is 0.671. The highest BCUT2D eigenvalue weighted by Crippen LogP contribution is 2.14. The number of ether oxygens (including phenoxy) is 3. The summed E-state index contributed by atoms with van der Waals surface area (Å²) >= 11 is 0. The first-order valence-electron chi connectivity index (χ1n) is 5.63. The lowest BCUT2D eigenvalue weighted by molar-refractivity contribution is -0.139. The third kappa shape index (κ3) is 3.50. The van der Waals surface area contributed by atoms with Crippen molar-refractivity contribution in [1.82, 2.24) is 15.0 Å². The fourth-order valence-electron chi connectivity index (χ4n) is 1.61. The lowest BCUT2D eigenvalue weighted by atomic mass is 10.2. The Morgan fingerprint density at radius 3 is 2.47 bits per heavy atom. The number of nitrogens with zero attached hydrogens (tertiary/aromatic N) is 3. The predicted molar refractivity (Wildman–Crippen MR) is 63.7 cm³/mol. The van der Waals surface area contributed by atoms with Crippen LogP contribution in [0.25, 0.3) is 0 Å². The third-order valence-electron chi connectivity index (χ3n) is 2.53. The van der Waals surface area contributed by atoms with E-state index in [0.717, 1.165) is 0 Å². The van der Waals surface area contributed by atoms with Crippen LogP contribution >= 0.6 is 0 Å². The molecule has 0 aliphatic carbocycles. The fourth-order valence-corrected chi connectivity index (χ4v) is 1.61. The summed E-state index contributed by atoms with van der Waals surface area (Å²) < 4.78 is 15.7. The molecule has 8 heteroatoms. The minimum atomic E-state index is -0.644. The lowest BCUT2D eigenvalue weighted by Crippen LogP contribution is -2.19.